The summed E-state index contributed by atoms with van der Waals surface area (Å²) in [5.74, 6) is -0.222. The third-order valence-electron chi connectivity index (χ3n) is 3.17. The maximum Gasteiger partial charge on any atom is 0.129 e. The molecule has 1 rings (SSSR count). The fraction of sp³-hybridized carbons (Fsp3) is 0.600. The molecule has 1 aromatic carbocycles. The molecule has 0 aromatic heterocycles. The number of halogens is 2. The maximum absolute atomic E-state index is 13.6. The topological polar surface area (TPSA) is 12.0 Å². The fourth-order valence-corrected chi connectivity index (χ4v) is 2.32. The van der Waals surface area contributed by atoms with E-state index in [0.29, 0.717) is 23.2 Å². The summed E-state index contributed by atoms with van der Waals surface area (Å²) in [7, 11) is 0. The van der Waals surface area contributed by atoms with E-state index in [-0.39, 0.29) is 5.82 Å². The zero-order valence-corrected chi connectivity index (χ0v) is 12.1. The van der Waals surface area contributed by atoms with Gasteiger partial charge >= 0.3 is 0 Å². The molecule has 3 heteroatoms. The lowest BCUT2D eigenvalue weighted by Gasteiger charge is -2.18. The summed E-state index contributed by atoms with van der Waals surface area (Å²) in [6.07, 6.45) is 5.83. The third kappa shape index (κ3) is 4.95. The van der Waals surface area contributed by atoms with Crippen LogP contribution in [0.1, 0.15) is 51.5 Å². The van der Waals surface area contributed by atoms with Crippen LogP contribution >= 0.6 is 11.6 Å². The summed E-state index contributed by atoms with van der Waals surface area (Å²) in [5.41, 5.74) is 0.580. The summed E-state index contributed by atoms with van der Waals surface area (Å²) in [4.78, 5) is 0. The molecule has 1 aromatic rings. The minimum absolute atomic E-state index is 0.222. The summed E-state index contributed by atoms with van der Waals surface area (Å²) in [5, 5.41) is 3.94. The van der Waals surface area contributed by atoms with E-state index in [0.717, 1.165) is 19.3 Å². The zero-order chi connectivity index (χ0) is 13.4. The van der Waals surface area contributed by atoms with Crippen molar-refractivity contribution in [1.29, 1.82) is 0 Å². The third-order valence-corrected chi connectivity index (χ3v) is 3.53. The number of rotatable bonds is 8. The minimum Gasteiger partial charge on any atom is -0.310 e. The Kier molecular flexibility index (Phi) is 7.29. The van der Waals surface area contributed by atoms with Gasteiger partial charge in [0.2, 0.25) is 0 Å². The van der Waals surface area contributed by atoms with E-state index in [4.69, 9.17) is 11.6 Å². The highest BCUT2D eigenvalue weighted by Crippen LogP contribution is 2.19. The lowest BCUT2D eigenvalue weighted by molar-refractivity contribution is 0.429. The van der Waals surface area contributed by atoms with Crippen LogP contribution in [0.3, 0.4) is 0 Å². The summed E-state index contributed by atoms with van der Waals surface area (Å²) in [6.45, 7) is 4.88. The molecule has 0 spiro atoms. The second-order valence-electron chi connectivity index (χ2n) is 4.71. The fourth-order valence-electron chi connectivity index (χ4n) is 2.10. The number of hydrogen-bond donors (Lipinski definition) is 1. The Morgan fingerprint density at radius 1 is 1.22 bits per heavy atom. The molecule has 1 N–H and O–H groups in total. The van der Waals surface area contributed by atoms with E-state index in [1.54, 1.807) is 12.1 Å². The molecule has 0 bridgehead atoms. The zero-order valence-electron chi connectivity index (χ0n) is 11.3. The van der Waals surface area contributed by atoms with Crippen LogP contribution in [-0.2, 0) is 6.54 Å². The molecule has 0 saturated carbocycles. The summed E-state index contributed by atoms with van der Waals surface area (Å²) in [6, 6.07) is 5.30. The Morgan fingerprint density at radius 2 is 2.00 bits per heavy atom. The van der Waals surface area contributed by atoms with Crippen molar-refractivity contribution in [2.45, 2.75) is 58.5 Å². The van der Waals surface area contributed by atoms with Gasteiger partial charge in [-0.15, -0.1) is 0 Å². The standard InChI is InChI=1S/C15H23ClFN/c1-3-5-8-12(7-4-2)18-11-13-14(16)9-6-10-15(13)17/h6,9-10,12,18H,3-5,7-8,11H2,1-2H3. The monoisotopic (exact) mass is 271 g/mol. The van der Waals surface area contributed by atoms with E-state index in [1.165, 1.54) is 18.9 Å². The Hall–Kier alpha value is -0.600. The molecule has 1 unspecified atom stereocenters. The second kappa shape index (κ2) is 8.49. The minimum atomic E-state index is -0.222. The van der Waals surface area contributed by atoms with Crippen molar-refractivity contribution in [3.05, 3.63) is 34.6 Å². The van der Waals surface area contributed by atoms with Crippen LogP contribution in [0, 0.1) is 5.82 Å². The number of hydrogen-bond acceptors (Lipinski definition) is 1. The average molecular weight is 272 g/mol. The molecular formula is C15H23ClFN. The van der Waals surface area contributed by atoms with Crippen molar-refractivity contribution < 1.29 is 4.39 Å². The van der Waals surface area contributed by atoms with Crippen LogP contribution < -0.4 is 5.32 Å². The van der Waals surface area contributed by atoms with Crippen molar-refractivity contribution in [1.82, 2.24) is 5.32 Å². The van der Waals surface area contributed by atoms with Crippen LogP contribution in [0.25, 0.3) is 0 Å². The van der Waals surface area contributed by atoms with Crippen LogP contribution in [0.2, 0.25) is 5.02 Å². The van der Waals surface area contributed by atoms with E-state index < -0.39 is 0 Å². The highest BCUT2D eigenvalue weighted by Gasteiger charge is 2.10. The van der Waals surface area contributed by atoms with Crippen molar-refractivity contribution in [2.75, 3.05) is 0 Å². The first-order chi connectivity index (χ1) is 8.69. The van der Waals surface area contributed by atoms with Gasteiger partial charge in [0.05, 0.1) is 0 Å². The van der Waals surface area contributed by atoms with Crippen LogP contribution in [0.4, 0.5) is 4.39 Å². The van der Waals surface area contributed by atoms with Crippen molar-refractivity contribution in [3.63, 3.8) is 0 Å². The second-order valence-corrected chi connectivity index (χ2v) is 5.12. The number of unbranched alkanes of at least 4 members (excludes halogenated alkanes) is 1. The molecular weight excluding hydrogens is 249 g/mol. The smallest absolute Gasteiger partial charge is 0.129 e. The average Bonchev–Trinajstić information content (AvgIpc) is 2.35. The number of benzene rings is 1. The van der Waals surface area contributed by atoms with E-state index in [2.05, 4.69) is 19.2 Å². The first-order valence-electron chi connectivity index (χ1n) is 6.85. The van der Waals surface area contributed by atoms with Gasteiger partial charge in [-0.1, -0.05) is 50.8 Å². The molecule has 102 valence electrons. The van der Waals surface area contributed by atoms with Gasteiger partial charge in [-0.25, -0.2) is 4.39 Å². The molecule has 0 aliphatic carbocycles. The molecule has 0 saturated heterocycles. The van der Waals surface area contributed by atoms with Crippen molar-refractivity contribution in [3.8, 4) is 0 Å². The molecule has 0 heterocycles. The quantitative estimate of drug-likeness (QED) is 0.707. The van der Waals surface area contributed by atoms with Gasteiger partial charge in [0.1, 0.15) is 5.82 Å². The van der Waals surface area contributed by atoms with E-state index >= 15 is 0 Å². The predicted octanol–water partition coefficient (Wildman–Crippen LogP) is 4.93. The maximum atomic E-state index is 13.6. The Bertz CT molecular complexity index is 334. The highest BCUT2D eigenvalue weighted by molar-refractivity contribution is 6.31. The summed E-state index contributed by atoms with van der Waals surface area (Å²) >= 11 is 6.01. The van der Waals surface area contributed by atoms with E-state index in [9.17, 15) is 4.39 Å². The van der Waals surface area contributed by atoms with Crippen LogP contribution in [-0.4, -0.2) is 6.04 Å². The first-order valence-corrected chi connectivity index (χ1v) is 7.23. The Balaban J connectivity index is 2.55. The molecule has 0 amide bonds. The molecule has 18 heavy (non-hydrogen) atoms. The predicted molar refractivity (Wildman–Crippen MR) is 76.5 cm³/mol. The lowest BCUT2D eigenvalue weighted by Crippen LogP contribution is -2.28. The largest absolute Gasteiger partial charge is 0.310 e. The first kappa shape index (κ1) is 15.5. The normalized spacial score (nSPS) is 12.7. The lowest BCUT2D eigenvalue weighted by atomic mass is 10.0. The van der Waals surface area contributed by atoms with E-state index in [1.807, 2.05) is 0 Å². The SMILES string of the molecule is CCCCC(CCC)NCc1c(F)cccc1Cl. The Morgan fingerprint density at radius 3 is 2.61 bits per heavy atom. The molecule has 1 nitrogen and oxygen atoms in total. The number of nitrogens with one attached hydrogen (secondary N) is 1. The van der Waals surface area contributed by atoms with Crippen LogP contribution in [0.5, 0.6) is 0 Å². The molecule has 0 aliphatic heterocycles. The molecule has 0 radical (unpaired) electrons. The van der Waals surface area contributed by atoms with Crippen molar-refractivity contribution in [2.24, 2.45) is 0 Å². The Labute approximate surface area is 115 Å². The van der Waals surface area contributed by atoms with Gasteiger partial charge in [-0.05, 0) is 25.0 Å². The van der Waals surface area contributed by atoms with Gasteiger partial charge in [0.25, 0.3) is 0 Å². The highest BCUT2D eigenvalue weighted by atomic mass is 35.5. The molecule has 1 atom stereocenters. The van der Waals surface area contributed by atoms with Gasteiger partial charge in [-0.3, -0.25) is 0 Å². The van der Waals surface area contributed by atoms with Gasteiger partial charge in [0, 0.05) is 23.2 Å². The molecule has 0 aliphatic rings. The summed E-state index contributed by atoms with van der Waals surface area (Å²) < 4.78 is 13.6. The van der Waals surface area contributed by atoms with Gasteiger partial charge in [-0.2, -0.15) is 0 Å². The van der Waals surface area contributed by atoms with Gasteiger partial charge < -0.3 is 5.32 Å². The van der Waals surface area contributed by atoms with Crippen molar-refractivity contribution >= 4 is 11.6 Å². The van der Waals surface area contributed by atoms with Gasteiger partial charge in [0.15, 0.2) is 0 Å². The molecule has 0 fully saturated rings. The van der Waals surface area contributed by atoms with Crippen LogP contribution in [0.15, 0.2) is 18.2 Å².